The average molecular weight is 208 g/mol. The Morgan fingerprint density at radius 1 is 1.42 bits per heavy atom. The molecule has 0 aromatic rings. The molecule has 72 valence electrons. The van der Waals surface area contributed by atoms with Crippen LogP contribution in [-0.4, -0.2) is 48.0 Å². The Labute approximate surface area is 83.4 Å². The molecule has 12 heavy (non-hydrogen) atoms. The van der Waals surface area contributed by atoms with Crippen molar-refractivity contribution in [3.8, 4) is 0 Å². The molecule has 6 heteroatoms. The normalized spacial score (nSPS) is 26.8. The third-order valence-electron chi connectivity index (χ3n) is 1.65. The van der Waals surface area contributed by atoms with Gasteiger partial charge in [-0.05, 0) is 14.1 Å². The molecule has 4 nitrogen and oxygen atoms in total. The summed E-state index contributed by atoms with van der Waals surface area (Å²) in [6.45, 7) is 1.73. The zero-order chi connectivity index (χ0) is 8.97. The third-order valence-corrected chi connectivity index (χ3v) is 3.35. The number of rotatable bonds is 4. The van der Waals surface area contributed by atoms with E-state index in [1.54, 1.807) is 0 Å². The molecule has 1 atom stereocenters. The van der Waals surface area contributed by atoms with Gasteiger partial charge in [0.25, 0.3) is 0 Å². The van der Waals surface area contributed by atoms with Crippen LogP contribution in [0.4, 0.5) is 0 Å². The number of hydrazine groups is 1. The second-order valence-corrected chi connectivity index (χ2v) is 4.47. The van der Waals surface area contributed by atoms with E-state index in [1.165, 1.54) is 0 Å². The Kier molecular flexibility index (Phi) is 4.70. The van der Waals surface area contributed by atoms with Crippen LogP contribution >= 0.6 is 24.4 Å². The largest absolute Gasteiger partial charge is 0.306 e. The molecule has 0 spiro atoms. The van der Waals surface area contributed by atoms with Crippen molar-refractivity contribution in [2.45, 2.75) is 4.71 Å². The summed E-state index contributed by atoms with van der Waals surface area (Å²) >= 11 is 6.28. The van der Waals surface area contributed by atoms with E-state index in [1.807, 2.05) is 25.9 Å². The standard InChI is InChI=1S/C6H16N4S2/c1-7-3-9-5-12-6(11)10(9)4-8-2/h6-8,11H,3-5H2,1-2H3. The Morgan fingerprint density at radius 3 is 2.67 bits per heavy atom. The molecule has 2 N–H and O–H groups in total. The predicted molar refractivity (Wildman–Crippen MR) is 56.8 cm³/mol. The highest BCUT2D eigenvalue weighted by molar-refractivity contribution is 8.10. The lowest BCUT2D eigenvalue weighted by Crippen LogP contribution is -2.46. The maximum Gasteiger partial charge on any atom is 0.116 e. The molecule has 1 saturated heterocycles. The Hall–Kier alpha value is 0.540. The maximum absolute atomic E-state index is 4.45. The minimum absolute atomic E-state index is 0.283. The highest BCUT2D eigenvalue weighted by Gasteiger charge is 2.28. The van der Waals surface area contributed by atoms with Crippen LogP contribution in [-0.2, 0) is 0 Å². The van der Waals surface area contributed by atoms with Crippen molar-refractivity contribution in [2.24, 2.45) is 0 Å². The van der Waals surface area contributed by atoms with Gasteiger partial charge in [0.05, 0.1) is 19.2 Å². The van der Waals surface area contributed by atoms with Crippen LogP contribution in [0.3, 0.4) is 0 Å². The van der Waals surface area contributed by atoms with E-state index in [0.29, 0.717) is 0 Å². The first-order valence-corrected chi connectivity index (χ1v) is 5.46. The molecule has 0 aliphatic carbocycles. The molecule has 1 aliphatic heterocycles. The molecule has 1 aliphatic rings. The first-order chi connectivity index (χ1) is 5.79. The Bertz CT molecular complexity index is 133. The molecule has 1 unspecified atom stereocenters. The lowest BCUT2D eigenvalue weighted by atomic mass is 10.8. The molecule has 0 aromatic heterocycles. The number of thiol groups is 1. The van der Waals surface area contributed by atoms with Gasteiger partial charge in [-0.3, -0.25) is 0 Å². The first kappa shape index (κ1) is 10.6. The molecule has 1 rings (SSSR count). The Balaban J connectivity index is 2.39. The molecule has 0 saturated carbocycles. The van der Waals surface area contributed by atoms with Crippen LogP contribution < -0.4 is 10.6 Å². The van der Waals surface area contributed by atoms with Gasteiger partial charge in [-0.25, -0.2) is 10.0 Å². The first-order valence-electron chi connectivity index (χ1n) is 3.90. The molecule has 1 heterocycles. The van der Waals surface area contributed by atoms with Crippen molar-refractivity contribution in [1.82, 2.24) is 20.7 Å². The smallest absolute Gasteiger partial charge is 0.116 e. The van der Waals surface area contributed by atoms with E-state index in [4.69, 9.17) is 0 Å². The van der Waals surface area contributed by atoms with Crippen molar-refractivity contribution < 1.29 is 0 Å². The minimum Gasteiger partial charge on any atom is -0.306 e. The van der Waals surface area contributed by atoms with Crippen molar-refractivity contribution in [1.29, 1.82) is 0 Å². The topological polar surface area (TPSA) is 30.5 Å². The molecule has 1 fully saturated rings. The summed E-state index contributed by atoms with van der Waals surface area (Å²) in [5, 5.41) is 10.7. The summed E-state index contributed by atoms with van der Waals surface area (Å²) in [7, 11) is 3.90. The van der Waals surface area contributed by atoms with Gasteiger partial charge in [0.15, 0.2) is 0 Å². The van der Waals surface area contributed by atoms with Gasteiger partial charge in [-0.15, -0.1) is 24.4 Å². The minimum atomic E-state index is 0.283. The maximum atomic E-state index is 4.45. The van der Waals surface area contributed by atoms with Crippen molar-refractivity contribution in [3.05, 3.63) is 0 Å². The quantitative estimate of drug-likeness (QED) is 0.556. The fraction of sp³-hybridized carbons (Fsp3) is 1.00. The molecule has 0 bridgehead atoms. The predicted octanol–water partition coefficient (Wildman–Crippen LogP) is -0.223. The fourth-order valence-electron chi connectivity index (χ4n) is 1.11. The van der Waals surface area contributed by atoms with Crippen LogP contribution in [0.15, 0.2) is 0 Å². The molecule has 0 amide bonds. The summed E-state index contributed by atoms with van der Waals surface area (Å²) in [5.41, 5.74) is 0. The van der Waals surface area contributed by atoms with Gasteiger partial charge in [-0.1, -0.05) is 0 Å². The van der Waals surface area contributed by atoms with E-state index < -0.39 is 0 Å². The summed E-state index contributed by atoms with van der Waals surface area (Å²) in [4.78, 5) is 0. The van der Waals surface area contributed by atoms with Crippen LogP contribution in [0.1, 0.15) is 0 Å². The number of hydrogen-bond donors (Lipinski definition) is 3. The van der Waals surface area contributed by atoms with Crippen molar-refractivity contribution in [3.63, 3.8) is 0 Å². The van der Waals surface area contributed by atoms with Gasteiger partial charge < -0.3 is 10.6 Å². The molecular weight excluding hydrogens is 192 g/mol. The summed E-state index contributed by atoms with van der Waals surface area (Å²) in [6, 6.07) is 0. The number of thioether (sulfide) groups is 1. The van der Waals surface area contributed by atoms with E-state index >= 15 is 0 Å². The summed E-state index contributed by atoms with van der Waals surface area (Å²) in [6.07, 6.45) is 0. The van der Waals surface area contributed by atoms with E-state index in [-0.39, 0.29) is 4.71 Å². The van der Waals surface area contributed by atoms with E-state index in [0.717, 1.165) is 19.2 Å². The van der Waals surface area contributed by atoms with Gasteiger partial charge in [0.2, 0.25) is 0 Å². The van der Waals surface area contributed by atoms with Gasteiger partial charge in [0, 0.05) is 0 Å². The highest BCUT2D eigenvalue weighted by Crippen LogP contribution is 2.28. The van der Waals surface area contributed by atoms with Crippen molar-refractivity contribution >= 4 is 24.4 Å². The van der Waals surface area contributed by atoms with Crippen LogP contribution in [0.25, 0.3) is 0 Å². The van der Waals surface area contributed by atoms with Crippen LogP contribution in [0.2, 0.25) is 0 Å². The monoisotopic (exact) mass is 208 g/mol. The second-order valence-electron chi connectivity index (χ2n) is 2.59. The zero-order valence-electron chi connectivity index (χ0n) is 7.45. The third kappa shape index (κ3) is 2.51. The van der Waals surface area contributed by atoms with Gasteiger partial charge in [0.1, 0.15) is 4.71 Å². The SMILES string of the molecule is CNCN1CSC(S)N1CNC. The van der Waals surface area contributed by atoms with E-state index in [9.17, 15) is 0 Å². The molecule has 0 radical (unpaired) electrons. The van der Waals surface area contributed by atoms with Gasteiger partial charge >= 0.3 is 0 Å². The number of nitrogens with one attached hydrogen (secondary N) is 2. The lowest BCUT2D eigenvalue weighted by molar-refractivity contribution is 0.00844. The van der Waals surface area contributed by atoms with Crippen LogP contribution in [0, 0.1) is 0 Å². The average Bonchev–Trinajstić information content (AvgIpc) is 2.37. The highest BCUT2D eigenvalue weighted by atomic mass is 32.2. The fourth-order valence-corrected chi connectivity index (χ4v) is 2.46. The summed E-state index contributed by atoms with van der Waals surface area (Å²) in [5.74, 6) is 1.01. The van der Waals surface area contributed by atoms with Gasteiger partial charge in [-0.2, -0.15) is 0 Å². The zero-order valence-corrected chi connectivity index (χ0v) is 9.16. The number of hydrogen-bond acceptors (Lipinski definition) is 6. The second kappa shape index (κ2) is 5.31. The molecular formula is C6H16N4S2. The Morgan fingerprint density at radius 2 is 2.08 bits per heavy atom. The van der Waals surface area contributed by atoms with E-state index in [2.05, 4.69) is 33.3 Å². The number of nitrogens with zero attached hydrogens (tertiary/aromatic N) is 2. The van der Waals surface area contributed by atoms with Crippen LogP contribution in [0.5, 0.6) is 0 Å². The van der Waals surface area contributed by atoms with Crippen molar-refractivity contribution in [2.75, 3.05) is 33.3 Å². The molecule has 0 aromatic carbocycles. The summed E-state index contributed by atoms with van der Waals surface area (Å²) < 4.78 is 0.283. The lowest BCUT2D eigenvalue weighted by Gasteiger charge is -2.28.